The number of aryl methyl sites for hydroxylation is 1. The minimum absolute atomic E-state index is 0.102. The highest BCUT2D eigenvalue weighted by atomic mass is 32.2. The Morgan fingerprint density at radius 1 is 1.14 bits per heavy atom. The fourth-order valence-corrected chi connectivity index (χ4v) is 2.88. The molecule has 0 bridgehead atoms. The maximum Gasteiger partial charge on any atom is 0.342 e. The second kappa shape index (κ2) is 8.85. The average Bonchev–Trinajstić information content (AvgIpc) is 2.65. The third-order valence-electron chi connectivity index (χ3n) is 3.96. The maximum absolute atomic E-state index is 12.4. The molecule has 0 aliphatic rings. The van der Waals surface area contributed by atoms with Crippen LogP contribution in [0.15, 0.2) is 47.4 Å². The van der Waals surface area contributed by atoms with Gasteiger partial charge in [0.25, 0.3) is 5.91 Å². The van der Waals surface area contributed by atoms with Gasteiger partial charge >= 0.3 is 5.97 Å². The lowest BCUT2D eigenvalue weighted by molar-refractivity contribution is -0.129. The largest absolute Gasteiger partial charge is 0.496 e. The van der Waals surface area contributed by atoms with Gasteiger partial charge in [-0.15, -0.1) is 0 Å². The number of methoxy groups -OCH3 is 1. The molecule has 1 atom stereocenters. The van der Waals surface area contributed by atoms with Crippen LogP contribution in [0, 0.1) is 6.92 Å². The summed E-state index contributed by atoms with van der Waals surface area (Å²) in [7, 11) is -2.69. The van der Waals surface area contributed by atoms with Crippen molar-refractivity contribution in [2.75, 3.05) is 7.11 Å². The van der Waals surface area contributed by atoms with Gasteiger partial charge < -0.3 is 14.8 Å². The maximum atomic E-state index is 12.4. The average molecular weight is 406 g/mol. The van der Waals surface area contributed by atoms with E-state index in [9.17, 15) is 18.0 Å². The SMILES string of the molecule is COc1ccc(S(N)(=O)=O)cc1C(=O)O[C@@H](C)C(=O)NCc1ccc(C)cc1. The zero-order valence-electron chi connectivity index (χ0n) is 15.8. The van der Waals surface area contributed by atoms with Crippen molar-refractivity contribution in [3.8, 4) is 5.75 Å². The van der Waals surface area contributed by atoms with Crippen LogP contribution in [0.4, 0.5) is 0 Å². The van der Waals surface area contributed by atoms with E-state index in [2.05, 4.69) is 5.32 Å². The number of carbonyl (C=O) groups excluding carboxylic acids is 2. The van der Waals surface area contributed by atoms with Gasteiger partial charge in [0.15, 0.2) is 6.10 Å². The summed E-state index contributed by atoms with van der Waals surface area (Å²) in [6, 6.07) is 11.2. The van der Waals surface area contributed by atoms with Crippen molar-refractivity contribution in [3.05, 3.63) is 59.2 Å². The summed E-state index contributed by atoms with van der Waals surface area (Å²) in [4.78, 5) is 24.3. The lowest BCUT2D eigenvalue weighted by atomic mass is 10.1. The molecule has 0 aliphatic heterocycles. The first-order valence-electron chi connectivity index (χ1n) is 8.37. The van der Waals surface area contributed by atoms with Gasteiger partial charge in [0.1, 0.15) is 11.3 Å². The fourth-order valence-electron chi connectivity index (χ4n) is 2.34. The number of nitrogens with two attached hydrogens (primary N) is 1. The van der Waals surface area contributed by atoms with E-state index in [1.54, 1.807) is 0 Å². The number of hydrogen-bond donors (Lipinski definition) is 2. The summed E-state index contributed by atoms with van der Waals surface area (Å²) in [6.07, 6.45) is -1.10. The Labute approximate surface area is 163 Å². The highest BCUT2D eigenvalue weighted by Crippen LogP contribution is 2.23. The molecule has 9 heteroatoms. The van der Waals surface area contributed by atoms with Gasteiger partial charge in [-0.2, -0.15) is 0 Å². The molecule has 0 unspecified atom stereocenters. The van der Waals surface area contributed by atoms with Crippen LogP contribution in [-0.4, -0.2) is 33.5 Å². The van der Waals surface area contributed by atoms with Gasteiger partial charge in [-0.1, -0.05) is 29.8 Å². The highest BCUT2D eigenvalue weighted by molar-refractivity contribution is 7.89. The zero-order chi connectivity index (χ0) is 20.9. The number of primary sulfonamides is 1. The molecular formula is C19H22N2O6S. The molecule has 8 nitrogen and oxygen atoms in total. The Morgan fingerprint density at radius 2 is 1.79 bits per heavy atom. The molecule has 0 spiro atoms. The lowest BCUT2D eigenvalue weighted by Gasteiger charge is -2.15. The lowest BCUT2D eigenvalue weighted by Crippen LogP contribution is -2.35. The molecule has 0 saturated carbocycles. The van der Waals surface area contributed by atoms with Crippen molar-refractivity contribution in [1.29, 1.82) is 0 Å². The Hall–Kier alpha value is -2.91. The molecule has 28 heavy (non-hydrogen) atoms. The van der Waals surface area contributed by atoms with Crippen LogP contribution in [0.5, 0.6) is 5.75 Å². The van der Waals surface area contributed by atoms with Crippen LogP contribution in [0.2, 0.25) is 0 Å². The summed E-state index contributed by atoms with van der Waals surface area (Å²) in [6.45, 7) is 3.66. The number of sulfonamides is 1. The summed E-state index contributed by atoms with van der Waals surface area (Å²) >= 11 is 0. The van der Waals surface area contributed by atoms with Crippen LogP contribution in [0.1, 0.15) is 28.4 Å². The van der Waals surface area contributed by atoms with E-state index >= 15 is 0 Å². The molecule has 150 valence electrons. The smallest absolute Gasteiger partial charge is 0.342 e. The van der Waals surface area contributed by atoms with Crippen LogP contribution < -0.4 is 15.2 Å². The van der Waals surface area contributed by atoms with E-state index in [4.69, 9.17) is 14.6 Å². The summed E-state index contributed by atoms with van der Waals surface area (Å²) < 4.78 is 33.2. The normalized spacial score (nSPS) is 12.1. The van der Waals surface area contributed by atoms with E-state index in [0.717, 1.165) is 17.2 Å². The minimum Gasteiger partial charge on any atom is -0.496 e. The predicted octanol–water partition coefficient (Wildman–Crippen LogP) is 1.51. The van der Waals surface area contributed by atoms with E-state index in [1.807, 2.05) is 31.2 Å². The Balaban J connectivity index is 2.06. The summed E-state index contributed by atoms with van der Waals surface area (Å²) in [5.41, 5.74) is 1.86. The molecule has 0 aliphatic carbocycles. The predicted molar refractivity (Wildman–Crippen MR) is 102 cm³/mol. The van der Waals surface area contributed by atoms with E-state index < -0.39 is 28.0 Å². The molecular weight excluding hydrogens is 384 g/mol. The first kappa shape index (κ1) is 21.4. The molecule has 0 saturated heterocycles. The molecule has 2 aromatic rings. The standard InChI is InChI=1S/C19H22N2O6S/c1-12-4-6-14(7-5-12)11-21-18(22)13(2)27-19(23)16-10-15(28(20,24)25)8-9-17(16)26-3/h4-10,13H,11H2,1-3H3,(H,21,22)(H2,20,24,25)/t13-/m0/s1. The Morgan fingerprint density at radius 3 is 2.36 bits per heavy atom. The van der Waals surface area contributed by atoms with Gasteiger partial charge in [-0.3, -0.25) is 4.79 Å². The van der Waals surface area contributed by atoms with Crippen molar-refractivity contribution >= 4 is 21.9 Å². The Kier molecular flexibility index (Phi) is 6.76. The second-order valence-corrected chi connectivity index (χ2v) is 7.72. The third-order valence-corrected chi connectivity index (χ3v) is 4.87. The monoisotopic (exact) mass is 406 g/mol. The van der Waals surface area contributed by atoms with Crippen molar-refractivity contribution in [2.24, 2.45) is 5.14 Å². The molecule has 0 fully saturated rings. The number of rotatable bonds is 7. The third kappa shape index (κ3) is 5.54. The molecule has 2 aromatic carbocycles. The molecule has 0 heterocycles. The molecule has 2 rings (SSSR count). The van der Waals surface area contributed by atoms with E-state index in [1.165, 1.54) is 26.2 Å². The molecule has 3 N–H and O–H groups in total. The van der Waals surface area contributed by atoms with Crippen LogP contribution in [0.25, 0.3) is 0 Å². The molecule has 1 amide bonds. The van der Waals surface area contributed by atoms with Crippen molar-refractivity contribution in [3.63, 3.8) is 0 Å². The fraction of sp³-hybridized carbons (Fsp3) is 0.263. The number of esters is 1. The number of nitrogens with one attached hydrogen (secondary N) is 1. The Bertz CT molecular complexity index is 970. The van der Waals surface area contributed by atoms with Gasteiger partial charge in [0, 0.05) is 6.54 Å². The number of amides is 1. The summed E-state index contributed by atoms with van der Waals surface area (Å²) in [5, 5.41) is 7.76. The highest BCUT2D eigenvalue weighted by Gasteiger charge is 2.23. The van der Waals surface area contributed by atoms with Crippen molar-refractivity contribution in [1.82, 2.24) is 5.32 Å². The van der Waals surface area contributed by atoms with Crippen LogP contribution in [0.3, 0.4) is 0 Å². The number of hydrogen-bond acceptors (Lipinski definition) is 6. The topological polar surface area (TPSA) is 125 Å². The van der Waals surface area contributed by atoms with E-state index in [-0.39, 0.29) is 22.8 Å². The number of carbonyl (C=O) groups is 2. The van der Waals surface area contributed by atoms with Crippen molar-refractivity contribution in [2.45, 2.75) is 31.4 Å². The molecule has 0 aromatic heterocycles. The van der Waals surface area contributed by atoms with E-state index in [0.29, 0.717) is 0 Å². The number of benzene rings is 2. The van der Waals surface area contributed by atoms with Crippen molar-refractivity contribution < 1.29 is 27.5 Å². The first-order valence-corrected chi connectivity index (χ1v) is 9.91. The van der Waals surface area contributed by atoms with Gasteiger partial charge in [-0.25, -0.2) is 18.4 Å². The van der Waals surface area contributed by atoms with Crippen LogP contribution >= 0.6 is 0 Å². The second-order valence-electron chi connectivity index (χ2n) is 6.16. The number of ether oxygens (including phenoxy) is 2. The van der Waals surface area contributed by atoms with Crippen LogP contribution in [-0.2, 0) is 26.1 Å². The zero-order valence-corrected chi connectivity index (χ0v) is 16.6. The summed E-state index contributed by atoms with van der Waals surface area (Å²) in [5.74, 6) is -1.29. The first-order chi connectivity index (χ1) is 13.1. The van der Waals surface area contributed by atoms with Gasteiger partial charge in [-0.05, 0) is 37.6 Å². The van der Waals surface area contributed by atoms with Gasteiger partial charge in [0.05, 0.1) is 12.0 Å². The van der Waals surface area contributed by atoms with Gasteiger partial charge in [0.2, 0.25) is 10.0 Å². The quantitative estimate of drug-likeness (QED) is 0.672. The minimum atomic E-state index is -4.01. The molecule has 0 radical (unpaired) electrons.